The van der Waals surface area contributed by atoms with Crippen molar-refractivity contribution in [3.8, 4) is 17.2 Å². The van der Waals surface area contributed by atoms with Gasteiger partial charge in [-0.25, -0.2) is 14.5 Å². The molecule has 0 aliphatic heterocycles. The summed E-state index contributed by atoms with van der Waals surface area (Å²) in [5.41, 5.74) is 2.98. The number of aromatic nitrogens is 2. The van der Waals surface area contributed by atoms with Gasteiger partial charge in [-0.1, -0.05) is 12.1 Å². The zero-order chi connectivity index (χ0) is 20.9. The first-order chi connectivity index (χ1) is 14.7. The van der Waals surface area contributed by atoms with E-state index in [0.717, 1.165) is 16.6 Å². The summed E-state index contributed by atoms with van der Waals surface area (Å²) in [6.45, 7) is 0. The maximum atomic E-state index is 12.4. The Balaban J connectivity index is 1.53. The van der Waals surface area contributed by atoms with Crippen molar-refractivity contribution in [2.45, 2.75) is 0 Å². The van der Waals surface area contributed by atoms with E-state index in [-0.39, 0.29) is 0 Å². The standard InChI is InChI=1S/C23H19N3O4/c1-28-18-10-8-17(9-11-18)23(27)30-21-12-7-16(13-22(21)29-2)14-25-26-15-24-19-5-3-4-6-20(19)26/h3-15H,1-2H3/b25-14-. The number of carbonyl (C=O) groups is 1. The summed E-state index contributed by atoms with van der Waals surface area (Å²) in [7, 11) is 3.09. The number of ether oxygens (including phenoxy) is 3. The highest BCUT2D eigenvalue weighted by Gasteiger charge is 2.13. The molecule has 4 rings (SSSR count). The third-order valence-corrected chi connectivity index (χ3v) is 4.48. The van der Waals surface area contributed by atoms with Crippen molar-refractivity contribution >= 4 is 23.2 Å². The summed E-state index contributed by atoms with van der Waals surface area (Å²) in [5.74, 6) is 0.931. The second-order valence-electron chi connectivity index (χ2n) is 6.35. The quantitative estimate of drug-likeness (QED) is 0.276. The van der Waals surface area contributed by atoms with Crippen molar-refractivity contribution in [2.24, 2.45) is 5.10 Å². The molecule has 0 unspecified atom stereocenters. The summed E-state index contributed by atoms with van der Waals surface area (Å²) in [6, 6.07) is 19.6. The van der Waals surface area contributed by atoms with Gasteiger partial charge in [-0.2, -0.15) is 5.10 Å². The highest BCUT2D eigenvalue weighted by molar-refractivity contribution is 5.91. The SMILES string of the molecule is COc1ccc(C(=O)Oc2ccc(/C=N\n3cnc4ccccc43)cc2OC)cc1. The Labute approximate surface area is 173 Å². The molecule has 0 saturated heterocycles. The fourth-order valence-electron chi connectivity index (χ4n) is 2.90. The molecule has 1 aromatic heterocycles. The summed E-state index contributed by atoms with van der Waals surface area (Å²) in [4.78, 5) is 16.7. The van der Waals surface area contributed by atoms with Crippen molar-refractivity contribution in [3.05, 3.63) is 84.2 Å². The molecule has 7 heteroatoms. The third kappa shape index (κ3) is 4.00. The van der Waals surface area contributed by atoms with Gasteiger partial charge in [0.2, 0.25) is 0 Å². The zero-order valence-electron chi connectivity index (χ0n) is 16.5. The minimum absolute atomic E-state index is 0.323. The first kappa shape index (κ1) is 19.2. The molecule has 0 spiro atoms. The van der Waals surface area contributed by atoms with Gasteiger partial charge in [-0.3, -0.25) is 0 Å². The van der Waals surface area contributed by atoms with E-state index in [1.165, 1.54) is 7.11 Å². The van der Waals surface area contributed by atoms with Crippen molar-refractivity contribution in [2.75, 3.05) is 14.2 Å². The lowest BCUT2D eigenvalue weighted by Gasteiger charge is -2.10. The Morgan fingerprint density at radius 2 is 1.77 bits per heavy atom. The van der Waals surface area contributed by atoms with Gasteiger partial charge >= 0.3 is 5.97 Å². The predicted octanol–water partition coefficient (Wildman–Crippen LogP) is 4.15. The Hall–Kier alpha value is -4.13. The van der Waals surface area contributed by atoms with E-state index in [1.54, 1.807) is 66.8 Å². The summed E-state index contributed by atoms with van der Waals surface area (Å²) in [6.07, 6.45) is 3.34. The number of imidazole rings is 1. The molecule has 1 heterocycles. The van der Waals surface area contributed by atoms with Crippen LogP contribution in [0, 0.1) is 0 Å². The molecule has 4 aromatic rings. The third-order valence-electron chi connectivity index (χ3n) is 4.48. The van der Waals surface area contributed by atoms with E-state index in [4.69, 9.17) is 14.2 Å². The second kappa shape index (κ2) is 8.48. The average molecular weight is 401 g/mol. The van der Waals surface area contributed by atoms with Crippen LogP contribution in [-0.4, -0.2) is 36.1 Å². The number of methoxy groups -OCH3 is 2. The van der Waals surface area contributed by atoms with Crippen LogP contribution >= 0.6 is 0 Å². The molecule has 0 aliphatic rings. The topological polar surface area (TPSA) is 74.9 Å². The highest BCUT2D eigenvalue weighted by atomic mass is 16.6. The molecule has 30 heavy (non-hydrogen) atoms. The van der Waals surface area contributed by atoms with Gasteiger partial charge in [0.25, 0.3) is 0 Å². The maximum absolute atomic E-state index is 12.4. The molecular weight excluding hydrogens is 382 g/mol. The Kier molecular flexibility index (Phi) is 5.43. The summed E-state index contributed by atoms with van der Waals surface area (Å²) >= 11 is 0. The monoisotopic (exact) mass is 401 g/mol. The van der Waals surface area contributed by atoms with Gasteiger partial charge in [-0.05, 0) is 60.2 Å². The van der Waals surface area contributed by atoms with E-state index < -0.39 is 5.97 Å². The molecule has 0 N–H and O–H groups in total. The van der Waals surface area contributed by atoms with Crippen molar-refractivity contribution in [1.82, 2.24) is 9.66 Å². The van der Waals surface area contributed by atoms with Crippen LogP contribution in [0.2, 0.25) is 0 Å². The molecule has 0 fully saturated rings. The molecule has 0 bridgehead atoms. The molecule has 0 saturated carbocycles. The van der Waals surface area contributed by atoms with E-state index in [2.05, 4.69) is 10.1 Å². The zero-order valence-corrected chi connectivity index (χ0v) is 16.5. The molecule has 150 valence electrons. The van der Waals surface area contributed by atoms with Crippen LogP contribution < -0.4 is 14.2 Å². The maximum Gasteiger partial charge on any atom is 0.343 e. The first-order valence-electron chi connectivity index (χ1n) is 9.18. The number of hydrogen-bond donors (Lipinski definition) is 0. The molecule has 0 amide bonds. The lowest BCUT2D eigenvalue weighted by Crippen LogP contribution is -2.09. The molecular formula is C23H19N3O4. The van der Waals surface area contributed by atoms with Crippen LogP contribution in [0.1, 0.15) is 15.9 Å². The van der Waals surface area contributed by atoms with Crippen LogP contribution in [-0.2, 0) is 0 Å². The lowest BCUT2D eigenvalue weighted by molar-refractivity contribution is 0.0729. The van der Waals surface area contributed by atoms with Crippen LogP contribution in [0.25, 0.3) is 11.0 Å². The number of benzene rings is 3. The van der Waals surface area contributed by atoms with Crippen LogP contribution in [0.3, 0.4) is 0 Å². The summed E-state index contributed by atoms with van der Waals surface area (Å²) < 4.78 is 17.7. The number of para-hydroxylation sites is 2. The molecule has 7 nitrogen and oxygen atoms in total. The smallest absolute Gasteiger partial charge is 0.343 e. The van der Waals surface area contributed by atoms with Crippen molar-refractivity contribution in [1.29, 1.82) is 0 Å². The molecule has 0 radical (unpaired) electrons. The lowest BCUT2D eigenvalue weighted by atomic mass is 10.2. The molecule has 0 aliphatic carbocycles. The van der Waals surface area contributed by atoms with Gasteiger partial charge in [0.1, 0.15) is 12.1 Å². The predicted molar refractivity (Wildman–Crippen MR) is 114 cm³/mol. The van der Waals surface area contributed by atoms with Crippen LogP contribution in [0.15, 0.2) is 78.2 Å². The van der Waals surface area contributed by atoms with Gasteiger partial charge < -0.3 is 14.2 Å². The van der Waals surface area contributed by atoms with E-state index in [0.29, 0.717) is 22.8 Å². The average Bonchev–Trinajstić information content (AvgIpc) is 3.21. The fourth-order valence-corrected chi connectivity index (χ4v) is 2.90. The van der Waals surface area contributed by atoms with Crippen LogP contribution in [0.5, 0.6) is 17.2 Å². The summed E-state index contributed by atoms with van der Waals surface area (Å²) in [5, 5.41) is 4.45. The minimum Gasteiger partial charge on any atom is -0.497 e. The minimum atomic E-state index is -0.484. The number of rotatable bonds is 6. The van der Waals surface area contributed by atoms with Gasteiger partial charge in [0.05, 0.1) is 37.0 Å². The molecule has 3 aromatic carbocycles. The van der Waals surface area contributed by atoms with E-state index in [9.17, 15) is 4.79 Å². The number of fused-ring (bicyclic) bond motifs is 1. The van der Waals surface area contributed by atoms with Crippen molar-refractivity contribution in [3.63, 3.8) is 0 Å². The number of esters is 1. The largest absolute Gasteiger partial charge is 0.497 e. The Morgan fingerprint density at radius 1 is 0.967 bits per heavy atom. The van der Waals surface area contributed by atoms with Gasteiger partial charge in [0, 0.05) is 0 Å². The Morgan fingerprint density at radius 3 is 2.53 bits per heavy atom. The van der Waals surface area contributed by atoms with Gasteiger partial charge in [-0.15, -0.1) is 0 Å². The van der Waals surface area contributed by atoms with Crippen molar-refractivity contribution < 1.29 is 19.0 Å². The van der Waals surface area contributed by atoms with Gasteiger partial charge in [0.15, 0.2) is 11.5 Å². The fraction of sp³-hybridized carbons (Fsp3) is 0.0870. The number of nitrogens with zero attached hydrogens (tertiary/aromatic N) is 3. The highest BCUT2D eigenvalue weighted by Crippen LogP contribution is 2.28. The number of hydrogen-bond acceptors (Lipinski definition) is 6. The van der Waals surface area contributed by atoms with E-state index >= 15 is 0 Å². The van der Waals surface area contributed by atoms with E-state index in [1.807, 2.05) is 24.3 Å². The normalized spacial score (nSPS) is 11.0. The first-order valence-corrected chi connectivity index (χ1v) is 9.18. The molecule has 0 atom stereocenters. The number of carbonyl (C=O) groups excluding carboxylic acids is 1. The Bertz CT molecular complexity index is 1210. The second-order valence-corrected chi connectivity index (χ2v) is 6.35. The van der Waals surface area contributed by atoms with Crippen LogP contribution in [0.4, 0.5) is 0 Å².